The summed E-state index contributed by atoms with van der Waals surface area (Å²) in [7, 11) is 1.65. The maximum Gasteiger partial charge on any atom is 0.134 e. The molecule has 0 radical (unpaired) electrons. The molecule has 1 aromatic carbocycles. The summed E-state index contributed by atoms with van der Waals surface area (Å²) in [6.07, 6.45) is 2.90. The van der Waals surface area contributed by atoms with E-state index in [1.807, 2.05) is 0 Å². The second-order valence-corrected chi connectivity index (χ2v) is 5.80. The second-order valence-electron chi connectivity index (χ2n) is 4.72. The fourth-order valence-electron chi connectivity index (χ4n) is 2.21. The van der Waals surface area contributed by atoms with Crippen LogP contribution in [0, 0.1) is 5.41 Å². The van der Waals surface area contributed by atoms with Crippen molar-refractivity contribution in [3.8, 4) is 16.9 Å². The van der Waals surface area contributed by atoms with E-state index in [9.17, 15) is 5.11 Å². The predicted molar refractivity (Wildman–Crippen MR) is 96.9 cm³/mol. The van der Waals surface area contributed by atoms with E-state index in [0.717, 1.165) is 11.1 Å². The number of hydrogen-bond acceptors (Lipinski definition) is 7. The van der Waals surface area contributed by atoms with Crippen molar-refractivity contribution in [3.63, 3.8) is 0 Å². The minimum atomic E-state index is 0.176. The van der Waals surface area contributed by atoms with Gasteiger partial charge in [0.2, 0.25) is 0 Å². The number of nitrogens with zero attached hydrogens (tertiary/aromatic N) is 2. The van der Waals surface area contributed by atoms with Gasteiger partial charge in [-0.3, -0.25) is 4.99 Å². The molecule has 0 spiro atoms. The third kappa shape index (κ3) is 3.69. The zero-order valence-electron chi connectivity index (χ0n) is 12.8. The van der Waals surface area contributed by atoms with Crippen molar-refractivity contribution >= 4 is 30.0 Å². The smallest absolute Gasteiger partial charge is 0.134 e. The number of phenols is 1. The second kappa shape index (κ2) is 7.75. The van der Waals surface area contributed by atoms with Crippen molar-refractivity contribution in [1.29, 1.82) is 5.41 Å². The van der Waals surface area contributed by atoms with Gasteiger partial charge in [-0.25, -0.2) is 4.98 Å². The number of aromatic nitrogens is 1. The maximum atomic E-state index is 9.50. The van der Waals surface area contributed by atoms with E-state index >= 15 is 0 Å². The summed E-state index contributed by atoms with van der Waals surface area (Å²) in [5.74, 6) is 1.21. The molecule has 0 aliphatic rings. The highest BCUT2D eigenvalue weighted by Gasteiger charge is 2.18. The molecule has 0 fully saturated rings. The highest BCUT2D eigenvalue weighted by molar-refractivity contribution is 7.99. The Bertz CT molecular complexity index is 728. The number of benzene rings is 1. The Morgan fingerprint density at radius 2 is 2.00 bits per heavy atom. The molecule has 0 bridgehead atoms. The quantitative estimate of drug-likeness (QED) is 0.478. The molecule has 7 heteroatoms. The lowest BCUT2D eigenvalue weighted by molar-refractivity contribution is 0.475. The number of anilines is 1. The lowest BCUT2D eigenvalue weighted by Crippen LogP contribution is -2.08. The van der Waals surface area contributed by atoms with Crippen molar-refractivity contribution in [2.45, 2.75) is 5.03 Å². The van der Waals surface area contributed by atoms with Crippen molar-refractivity contribution in [2.75, 3.05) is 25.1 Å². The van der Waals surface area contributed by atoms with E-state index in [2.05, 4.69) is 9.98 Å². The molecule has 2 aromatic rings. The molecule has 23 heavy (non-hydrogen) atoms. The van der Waals surface area contributed by atoms with Gasteiger partial charge in [0.25, 0.3) is 0 Å². The van der Waals surface area contributed by atoms with Gasteiger partial charge in [0.15, 0.2) is 0 Å². The van der Waals surface area contributed by atoms with Gasteiger partial charge in [0.05, 0.1) is 0 Å². The Kier molecular flexibility index (Phi) is 5.72. The number of aliphatic imine (C=N–C) groups is 1. The molecule has 6 N–H and O–H groups in total. The first-order valence-corrected chi connectivity index (χ1v) is 7.99. The molecule has 0 amide bonds. The number of nitrogen functional groups attached to an aromatic ring is 1. The summed E-state index contributed by atoms with van der Waals surface area (Å²) in [4.78, 5) is 8.44. The summed E-state index contributed by atoms with van der Waals surface area (Å²) < 4.78 is 0. The predicted octanol–water partition coefficient (Wildman–Crippen LogP) is 2.13. The van der Waals surface area contributed by atoms with E-state index in [1.165, 1.54) is 18.0 Å². The van der Waals surface area contributed by atoms with Gasteiger partial charge in [-0.2, -0.15) is 0 Å². The Hall–Kier alpha value is -2.38. The molecule has 6 nitrogen and oxygen atoms in total. The topological polar surface area (TPSA) is 121 Å². The van der Waals surface area contributed by atoms with Crippen molar-refractivity contribution in [2.24, 2.45) is 10.7 Å². The Morgan fingerprint density at radius 3 is 2.57 bits per heavy atom. The highest BCUT2D eigenvalue weighted by Crippen LogP contribution is 2.35. The zero-order chi connectivity index (χ0) is 16.8. The third-order valence-corrected chi connectivity index (χ3v) is 4.21. The zero-order valence-corrected chi connectivity index (χ0v) is 13.6. The SMILES string of the molecule is CN=Cc1c(N)nc(SCCN)c(C=N)c1-c1ccc(O)cc1. The van der Waals surface area contributed by atoms with Gasteiger partial charge in [-0.1, -0.05) is 12.1 Å². The number of nitrogens with two attached hydrogens (primary N) is 2. The van der Waals surface area contributed by atoms with Crippen LogP contribution < -0.4 is 11.5 Å². The lowest BCUT2D eigenvalue weighted by atomic mass is 9.96. The Labute approximate surface area is 139 Å². The van der Waals surface area contributed by atoms with E-state index in [-0.39, 0.29) is 5.75 Å². The van der Waals surface area contributed by atoms with Crippen LogP contribution in [0.25, 0.3) is 11.1 Å². The van der Waals surface area contributed by atoms with Crippen LogP contribution in [-0.4, -0.2) is 41.9 Å². The minimum absolute atomic E-state index is 0.176. The van der Waals surface area contributed by atoms with E-state index < -0.39 is 0 Å². The van der Waals surface area contributed by atoms with Crippen LogP contribution in [0.5, 0.6) is 5.75 Å². The maximum absolute atomic E-state index is 9.50. The van der Waals surface area contributed by atoms with E-state index in [0.29, 0.717) is 34.3 Å². The molecule has 0 saturated carbocycles. The van der Waals surface area contributed by atoms with Crippen LogP contribution in [-0.2, 0) is 0 Å². The molecule has 120 valence electrons. The summed E-state index contributed by atoms with van der Waals surface area (Å²) in [5, 5.41) is 18.0. The van der Waals surface area contributed by atoms with Gasteiger partial charge >= 0.3 is 0 Å². The summed E-state index contributed by atoms with van der Waals surface area (Å²) in [6, 6.07) is 6.75. The largest absolute Gasteiger partial charge is 0.508 e. The first-order valence-electron chi connectivity index (χ1n) is 7.00. The molecule has 1 aromatic heterocycles. The lowest BCUT2D eigenvalue weighted by Gasteiger charge is -2.15. The first kappa shape index (κ1) is 17.0. The minimum Gasteiger partial charge on any atom is -0.508 e. The molecule has 0 aliphatic carbocycles. The van der Waals surface area contributed by atoms with Gasteiger partial charge < -0.3 is 22.0 Å². The number of aromatic hydroxyl groups is 1. The van der Waals surface area contributed by atoms with E-state index in [4.69, 9.17) is 16.9 Å². The molecular weight excluding hydrogens is 310 g/mol. The van der Waals surface area contributed by atoms with Crippen molar-refractivity contribution in [3.05, 3.63) is 35.4 Å². The average molecular weight is 329 g/mol. The summed E-state index contributed by atoms with van der Waals surface area (Å²) in [6.45, 7) is 0.510. The molecule has 2 rings (SSSR count). The van der Waals surface area contributed by atoms with Crippen molar-refractivity contribution < 1.29 is 5.11 Å². The van der Waals surface area contributed by atoms with Crippen LogP contribution in [0.1, 0.15) is 11.1 Å². The Morgan fingerprint density at radius 1 is 1.30 bits per heavy atom. The number of hydrogen-bond donors (Lipinski definition) is 4. The van der Waals surface area contributed by atoms with Crippen LogP contribution >= 0.6 is 11.8 Å². The standard InChI is InChI=1S/C16H19N5OS/c1-20-9-13-14(10-2-4-11(22)5-3-10)12(8-18)16(21-15(13)19)23-7-6-17/h2-5,8-9,18,22H,6-7,17H2,1H3,(H2,19,21). The number of phenolic OH excluding ortho intramolecular Hbond substituents is 1. The monoisotopic (exact) mass is 329 g/mol. The highest BCUT2D eigenvalue weighted by atomic mass is 32.2. The number of pyridine rings is 1. The van der Waals surface area contributed by atoms with E-state index in [1.54, 1.807) is 37.5 Å². The summed E-state index contributed by atoms with van der Waals surface area (Å²) in [5.41, 5.74) is 14.6. The molecule has 0 unspecified atom stereocenters. The molecular formula is C16H19N5OS. The van der Waals surface area contributed by atoms with Crippen LogP contribution in [0.2, 0.25) is 0 Å². The average Bonchev–Trinajstić information content (AvgIpc) is 2.55. The fraction of sp³-hybridized carbons (Fsp3) is 0.188. The van der Waals surface area contributed by atoms with Gasteiger partial charge in [0.1, 0.15) is 16.6 Å². The molecule has 0 atom stereocenters. The number of nitrogens with one attached hydrogen (secondary N) is 1. The van der Waals surface area contributed by atoms with Gasteiger partial charge in [0, 0.05) is 48.5 Å². The molecule has 1 heterocycles. The van der Waals surface area contributed by atoms with Gasteiger partial charge in [-0.05, 0) is 17.7 Å². The van der Waals surface area contributed by atoms with Crippen LogP contribution in [0.3, 0.4) is 0 Å². The first-order chi connectivity index (χ1) is 11.1. The molecule has 0 aliphatic heterocycles. The Balaban J connectivity index is 2.74. The molecule has 0 saturated heterocycles. The summed E-state index contributed by atoms with van der Waals surface area (Å²) >= 11 is 1.46. The number of thioether (sulfide) groups is 1. The van der Waals surface area contributed by atoms with Gasteiger partial charge in [-0.15, -0.1) is 11.8 Å². The third-order valence-electron chi connectivity index (χ3n) is 3.18. The normalized spacial score (nSPS) is 11.0. The number of rotatable bonds is 6. The van der Waals surface area contributed by atoms with Crippen molar-refractivity contribution in [1.82, 2.24) is 4.98 Å². The van der Waals surface area contributed by atoms with Crippen LogP contribution in [0.15, 0.2) is 34.3 Å². The fourth-order valence-corrected chi connectivity index (χ4v) is 3.00. The van der Waals surface area contributed by atoms with Crippen LogP contribution in [0.4, 0.5) is 5.82 Å².